The molecule has 11 heteroatoms. The predicted molar refractivity (Wildman–Crippen MR) is 164 cm³/mol. The molecule has 2 saturated heterocycles. The van der Waals surface area contributed by atoms with E-state index in [9.17, 15) is 9.59 Å². The maximum absolute atomic E-state index is 13.7. The molecule has 3 heterocycles. The number of hydrogen-bond acceptors (Lipinski definition) is 10. The number of benzene rings is 1. The van der Waals surface area contributed by atoms with E-state index in [1.54, 1.807) is 6.07 Å². The van der Waals surface area contributed by atoms with E-state index in [4.69, 9.17) is 35.3 Å². The minimum Gasteiger partial charge on any atom is -0.494 e. The van der Waals surface area contributed by atoms with Crippen LogP contribution in [-0.4, -0.2) is 107 Å². The van der Waals surface area contributed by atoms with E-state index in [-0.39, 0.29) is 12.7 Å². The molecule has 0 radical (unpaired) electrons. The van der Waals surface area contributed by atoms with Crippen LogP contribution < -0.4 is 10.1 Å². The quantitative estimate of drug-likeness (QED) is 0.260. The Morgan fingerprint density at radius 1 is 0.907 bits per heavy atom. The molecule has 1 aromatic carbocycles. The van der Waals surface area contributed by atoms with E-state index >= 15 is 0 Å². The van der Waals surface area contributed by atoms with Crippen LogP contribution in [0.5, 0.6) is 5.75 Å². The van der Waals surface area contributed by atoms with Gasteiger partial charge >= 0.3 is 11.9 Å². The van der Waals surface area contributed by atoms with E-state index in [2.05, 4.69) is 15.1 Å². The minimum atomic E-state index is -0.469. The summed E-state index contributed by atoms with van der Waals surface area (Å²) in [5, 5.41) is 3.89. The van der Waals surface area contributed by atoms with Crippen LogP contribution in [0.2, 0.25) is 5.02 Å². The summed E-state index contributed by atoms with van der Waals surface area (Å²) in [6.07, 6.45) is 1.04. The molecule has 0 aliphatic carbocycles. The lowest BCUT2D eigenvalue weighted by atomic mass is 9.87. The first kappa shape index (κ1) is 33.3. The summed E-state index contributed by atoms with van der Waals surface area (Å²) in [6.45, 7) is 15.4. The smallest absolute Gasteiger partial charge is 0.336 e. The van der Waals surface area contributed by atoms with Crippen molar-refractivity contribution in [3.8, 4) is 5.75 Å². The standard InChI is InChI=1S/C32H46ClN3O7/c1-22-7-8-26(19-28(22)33)41-13-5-6-14-42-31(37)29-23(2)30(25(4)34-24(29)3)32(38)43-27(20-35-9-15-39-16-10-35)21-36-11-17-40-18-12-36/h7-8,19,23,27,34H,5-6,9-18,20-21H2,1-4H3. The third-order valence-corrected chi connectivity index (χ3v) is 8.48. The largest absolute Gasteiger partial charge is 0.494 e. The van der Waals surface area contributed by atoms with Crippen LogP contribution in [-0.2, 0) is 28.5 Å². The molecule has 2 fully saturated rings. The van der Waals surface area contributed by atoms with E-state index in [0.717, 1.165) is 38.2 Å². The van der Waals surface area contributed by atoms with E-state index in [0.29, 0.717) is 85.9 Å². The zero-order chi connectivity index (χ0) is 30.8. The Kier molecular flexibility index (Phi) is 12.7. The Labute approximate surface area is 260 Å². The second-order valence-corrected chi connectivity index (χ2v) is 11.8. The fourth-order valence-electron chi connectivity index (χ4n) is 5.66. The van der Waals surface area contributed by atoms with Gasteiger partial charge in [0, 0.05) is 61.6 Å². The summed E-state index contributed by atoms with van der Waals surface area (Å²) < 4.78 is 28.6. The summed E-state index contributed by atoms with van der Waals surface area (Å²) in [5.41, 5.74) is 3.28. The number of carbonyl (C=O) groups is 2. The van der Waals surface area contributed by atoms with E-state index < -0.39 is 17.9 Å². The molecule has 43 heavy (non-hydrogen) atoms. The van der Waals surface area contributed by atoms with Gasteiger partial charge in [0.25, 0.3) is 0 Å². The number of dihydropyridines is 1. The molecule has 3 aliphatic heterocycles. The first-order valence-corrected chi connectivity index (χ1v) is 15.7. The van der Waals surface area contributed by atoms with Crippen LogP contribution >= 0.6 is 11.6 Å². The second-order valence-electron chi connectivity index (χ2n) is 11.4. The van der Waals surface area contributed by atoms with E-state index in [1.165, 1.54) is 0 Å². The molecule has 1 aromatic rings. The molecule has 1 unspecified atom stereocenters. The molecule has 4 rings (SSSR count). The van der Waals surface area contributed by atoms with Crippen molar-refractivity contribution in [3.05, 3.63) is 51.3 Å². The number of allylic oxidation sites excluding steroid dienone is 2. The van der Waals surface area contributed by atoms with E-state index in [1.807, 2.05) is 39.8 Å². The molecular formula is C32H46ClN3O7. The number of morpholine rings is 2. The Morgan fingerprint density at radius 3 is 2.05 bits per heavy atom. The highest BCUT2D eigenvalue weighted by Gasteiger charge is 2.35. The molecule has 3 aliphatic rings. The molecule has 0 spiro atoms. The Bertz CT molecular complexity index is 1160. The number of nitrogens with one attached hydrogen (secondary N) is 1. The van der Waals surface area contributed by atoms with Gasteiger partial charge in [-0.25, -0.2) is 9.59 Å². The van der Waals surface area contributed by atoms with Crippen LogP contribution in [0.3, 0.4) is 0 Å². The molecule has 0 bridgehead atoms. The van der Waals surface area contributed by atoms with Gasteiger partial charge in [-0.05, 0) is 51.3 Å². The normalized spacial score (nSPS) is 20.3. The molecule has 0 saturated carbocycles. The van der Waals surface area contributed by atoms with Crippen LogP contribution in [0.4, 0.5) is 0 Å². The number of ether oxygens (including phenoxy) is 5. The summed E-state index contributed by atoms with van der Waals surface area (Å²) in [4.78, 5) is 31.4. The Balaban J connectivity index is 1.30. The lowest BCUT2D eigenvalue weighted by Gasteiger charge is -2.35. The first-order chi connectivity index (χ1) is 20.7. The zero-order valence-corrected chi connectivity index (χ0v) is 26.7. The molecule has 1 atom stereocenters. The molecule has 0 aromatic heterocycles. The number of unbranched alkanes of at least 4 members (excludes halogenated alkanes) is 1. The van der Waals surface area contributed by atoms with Gasteiger partial charge in [-0.2, -0.15) is 0 Å². The van der Waals surface area contributed by atoms with Crippen molar-refractivity contribution in [1.29, 1.82) is 0 Å². The number of hydrogen-bond donors (Lipinski definition) is 1. The SMILES string of the molecule is CC1=C(C(=O)OCCCCOc2ccc(C)c(Cl)c2)C(C)C(C(=O)OC(CN2CCOCC2)CN2CCOCC2)=C(C)N1. The lowest BCUT2D eigenvalue weighted by Crippen LogP contribution is -2.48. The Hall–Kier alpha value is -2.63. The van der Waals surface area contributed by atoms with Gasteiger partial charge in [-0.3, -0.25) is 9.80 Å². The summed E-state index contributed by atoms with van der Waals surface area (Å²) >= 11 is 6.16. The number of rotatable bonds is 13. The van der Waals surface area contributed by atoms with Crippen molar-refractivity contribution >= 4 is 23.5 Å². The number of carbonyl (C=O) groups excluding carboxylic acids is 2. The van der Waals surface area contributed by atoms with Gasteiger partial charge in [0.1, 0.15) is 11.9 Å². The summed E-state index contributed by atoms with van der Waals surface area (Å²) in [6, 6.07) is 5.61. The van der Waals surface area contributed by atoms with Gasteiger partial charge in [-0.1, -0.05) is 24.6 Å². The zero-order valence-electron chi connectivity index (χ0n) is 25.9. The second kappa shape index (κ2) is 16.4. The topological polar surface area (TPSA) is 98.8 Å². The fraction of sp³-hybridized carbons (Fsp3) is 0.625. The molecule has 1 N–H and O–H groups in total. The highest BCUT2D eigenvalue weighted by molar-refractivity contribution is 6.31. The summed E-state index contributed by atoms with van der Waals surface area (Å²) in [7, 11) is 0. The average molecular weight is 620 g/mol. The van der Waals surface area contributed by atoms with Crippen LogP contribution in [0.15, 0.2) is 40.7 Å². The minimum absolute atomic E-state index is 0.254. The van der Waals surface area contributed by atoms with Gasteiger partial charge < -0.3 is 29.0 Å². The maximum Gasteiger partial charge on any atom is 0.336 e. The average Bonchev–Trinajstić information content (AvgIpc) is 2.97. The van der Waals surface area contributed by atoms with Crippen LogP contribution in [0, 0.1) is 12.8 Å². The van der Waals surface area contributed by atoms with Crippen molar-refractivity contribution < 1.29 is 33.3 Å². The van der Waals surface area contributed by atoms with Crippen molar-refractivity contribution in [2.45, 2.75) is 46.6 Å². The number of esters is 2. The van der Waals surface area contributed by atoms with Crippen molar-refractivity contribution in [1.82, 2.24) is 15.1 Å². The van der Waals surface area contributed by atoms with Crippen molar-refractivity contribution in [3.63, 3.8) is 0 Å². The van der Waals surface area contributed by atoms with Crippen LogP contribution in [0.1, 0.15) is 39.2 Å². The van der Waals surface area contributed by atoms with Gasteiger partial charge in [0.15, 0.2) is 0 Å². The monoisotopic (exact) mass is 619 g/mol. The molecule has 10 nitrogen and oxygen atoms in total. The number of aryl methyl sites for hydroxylation is 1. The summed E-state index contributed by atoms with van der Waals surface area (Å²) in [5.74, 6) is -0.590. The fourth-order valence-corrected chi connectivity index (χ4v) is 5.83. The molecular weight excluding hydrogens is 574 g/mol. The number of halogens is 1. The van der Waals surface area contributed by atoms with Crippen molar-refractivity contribution in [2.75, 3.05) is 78.9 Å². The van der Waals surface area contributed by atoms with Gasteiger partial charge in [-0.15, -0.1) is 0 Å². The third kappa shape index (κ3) is 9.68. The maximum atomic E-state index is 13.7. The molecule has 0 amide bonds. The van der Waals surface area contributed by atoms with Crippen LogP contribution in [0.25, 0.3) is 0 Å². The molecule has 238 valence electrons. The van der Waals surface area contributed by atoms with Gasteiger partial charge in [0.05, 0.1) is 50.8 Å². The van der Waals surface area contributed by atoms with Crippen molar-refractivity contribution in [2.24, 2.45) is 5.92 Å². The Morgan fingerprint density at radius 2 is 1.47 bits per heavy atom. The highest BCUT2D eigenvalue weighted by Crippen LogP contribution is 2.31. The number of nitrogens with zero attached hydrogens (tertiary/aromatic N) is 2. The highest BCUT2D eigenvalue weighted by atomic mass is 35.5. The predicted octanol–water partition coefficient (Wildman–Crippen LogP) is 3.71. The first-order valence-electron chi connectivity index (χ1n) is 15.3. The lowest BCUT2D eigenvalue weighted by molar-refractivity contribution is -0.148. The van der Waals surface area contributed by atoms with Gasteiger partial charge in [0.2, 0.25) is 0 Å². The third-order valence-electron chi connectivity index (χ3n) is 8.08.